The fourth-order valence-electron chi connectivity index (χ4n) is 2.14. The van der Waals surface area contributed by atoms with Crippen LogP contribution in [0.4, 0.5) is 0 Å². The number of aliphatic hydroxyl groups is 1. The van der Waals surface area contributed by atoms with Gasteiger partial charge in [-0.05, 0) is 43.9 Å². The first kappa shape index (κ1) is 14.4. The van der Waals surface area contributed by atoms with Gasteiger partial charge in [-0.15, -0.1) is 0 Å². The van der Waals surface area contributed by atoms with Crippen molar-refractivity contribution in [2.75, 3.05) is 13.2 Å². The summed E-state index contributed by atoms with van der Waals surface area (Å²) in [6, 6.07) is 8.82. The molecule has 2 N–H and O–H groups in total. The third-order valence-electron chi connectivity index (χ3n) is 3.50. The van der Waals surface area contributed by atoms with Gasteiger partial charge in [-0.2, -0.15) is 0 Å². The lowest BCUT2D eigenvalue weighted by molar-refractivity contribution is 0.114. The highest BCUT2D eigenvalue weighted by Crippen LogP contribution is 2.23. The van der Waals surface area contributed by atoms with Gasteiger partial charge >= 0.3 is 0 Å². The van der Waals surface area contributed by atoms with E-state index >= 15 is 0 Å². The third kappa shape index (κ3) is 4.51. The fourth-order valence-corrected chi connectivity index (χ4v) is 2.14. The van der Waals surface area contributed by atoms with Crippen LogP contribution >= 0.6 is 0 Å². The Morgan fingerprint density at radius 3 is 2.53 bits per heavy atom. The Hall–Kier alpha value is -1.06. The van der Waals surface area contributed by atoms with Gasteiger partial charge in [-0.3, -0.25) is 0 Å². The summed E-state index contributed by atoms with van der Waals surface area (Å²) >= 11 is 0. The lowest BCUT2D eigenvalue weighted by atomic mass is 10.1. The fraction of sp³-hybridized carbons (Fsp3) is 0.625. The Balaban J connectivity index is 1.85. The second-order valence-corrected chi connectivity index (χ2v) is 5.82. The largest absolute Gasteiger partial charge is 0.492 e. The van der Waals surface area contributed by atoms with Crippen LogP contribution in [0.25, 0.3) is 0 Å². The van der Waals surface area contributed by atoms with Crippen molar-refractivity contribution in [3.63, 3.8) is 0 Å². The molecule has 0 aromatic heterocycles. The summed E-state index contributed by atoms with van der Waals surface area (Å²) in [5.41, 5.74) is 0.999. The van der Waals surface area contributed by atoms with E-state index in [1.165, 1.54) is 18.4 Å². The number of rotatable bonds is 8. The van der Waals surface area contributed by atoms with Crippen LogP contribution in [-0.2, 0) is 6.42 Å². The molecule has 3 nitrogen and oxygen atoms in total. The van der Waals surface area contributed by atoms with Crippen LogP contribution in [0.15, 0.2) is 24.3 Å². The van der Waals surface area contributed by atoms with Crippen molar-refractivity contribution >= 4 is 0 Å². The Kier molecular flexibility index (Phi) is 4.83. The third-order valence-corrected chi connectivity index (χ3v) is 3.50. The molecule has 1 saturated carbocycles. The molecule has 2 rings (SSSR count). The second-order valence-electron chi connectivity index (χ2n) is 5.82. The minimum Gasteiger partial charge on any atom is -0.492 e. The monoisotopic (exact) mass is 263 g/mol. The number of aryl methyl sites for hydroxylation is 1. The maximum Gasteiger partial charge on any atom is 0.119 e. The predicted molar refractivity (Wildman–Crippen MR) is 77.6 cm³/mol. The highest BCUT2D eigenvalue weighted by atomic mass is 16.5. The highest BCUT2D eigenvalue weighted by molar-refractivity contribution is 5.27. The molecular formula is C16H25NO2. The molecule has 19 heavy (non-hydrogen) atoms. The van der Waals surface area contributed by atoms with Gasteiger partial charge in [-0.25, -0.2) is 0 Å². The lowest BCUT2D eigenvalue weighted by Gasteiger charge is -2.28. The number of benzene rings is 1. The SMILES string of the molecule is CCCc1ccc(OCC(C)(CO)NC2CC2)cc1. The summed E-state index contributed by atoms with van der Waals surface area (Å²) in [6.45, 7) is 4.78. The van der Waals surface area contributed by atoms with Crippen LogP contribution < -0.4 is 10.1 Å². The molecule has 1 aliphatic carbocycles. The molecular weight excluding hydrogens is 238 g/mol. The normalized spacial score (nSPS) is 18.1. The van der Waals surface area contributed by atoms with E-state index in [1.54, 1.807) is 0 Å². The van der Waals surface area contributed by atoms with E-state index < -0.39 is 0 Å². The van der Waals surface area contributed by atoms with Gasteiger partial charge in [0.05, 0.1) is 12.1 Å². The average molecular weight is 263 g/mol. The van der Waals surface area contributed by atoms with Gasteiger partial charge in [0.15, 0.2) is 0 Å². The Bertz CT molecular complexity index is 386. The van der Waals surface area contributed by atoms with Crippen LogP contribution in [-0.4, -0.2) is 29.9 Å². The molecule has 1 aromatic rings. The number of hydrogen-bond donors (Lipinski definition) is 2. The van der Waals surface area contributed by atoms with Crippen molar-refractivity contribution in [3.8, 4) is 5.75 Å². The van der Waals surface area contributed by atoms with Crippen LogP contribution in [0.1, 0.15) is 38.7 Å². The molecule has 1 unspecified atom stereocenters. The molecule has 0 bridgehead atoms. The summed E-state index contributed by atoms with van der Waals surface area (Å²) in [5.74, 6) is 0.872. The Labute approximate surface area is 116 Å². The van der Waals surface area contributed by atoms with Crippen molar-refractivity contribution < 1.29 is 9.84 Å². The van der Waals surface area contributed by atoms with Crippen LogP contribution in [0, 0.1) is 0 Å². The summed E-state index contributed by atoms with van der Waals surface area (Å²) in [6.07, 6.45) is 4.69. The topological polar surface area (TPSA) is 41.5 Å². The van der Waals surface area contributed by atoms with Crippen LogP contribution in [0.5, 0.6) is 5.75 Å². The predicted octanol–water partition coefficient (Wildman–Crippen LogP) is 2.52. The van der Waals surface area contributed by atoms with Gasteiger partial charge in [0.2, 0.25) is 0 Å². The van der Waals surface area contributed by atoms with Crippen molar-refractivity contribution in [2.24, 2.45) is 0 Å². The summed E-state index contributed by atoms with van der Waals surface area (Å²) in [4.78, 5) is 0. The standard InChI is InChI=1S/C16H25NO2/c1-3-4-13-5-9-15(10-6-13)19-12-16(2,11-18)17-14-7-8-14/h5-6,9-10,14,17-18H,3-4,7-8,11-12H2,1-2H3. The first-order valence-corrected chi connectivity index (χ1v) is 7.25. The van der Waals surface area contributed by atoms with Crippen molar-refractivity contribution in [1.29, 1.82) is 0 Å². The van der Waals surface area contributed by atoms with E-state index in [9.17, 15) is 5.11 Å². The first-order chi connectivity index (χ1) is 9.15. The summed E-state index contributed by atoms with van der Waals surface area (Å²) < 4.78 is 5.80. The number of aliphatic hydroxyl groups excluding tert-OH is 1. The van der Waals surface area contributed by atoms with E-state index in [0.29, 0.717) is 12.6 Å². The zero-order valence-corrected chi connectivity index (χ0v) is 12.0. The molecule has 1 fully saturated rings. The molecule has 0 radical (unpaired) electrons. The zero-order valence-electron chi connectivity index (χ0n) is 12.0. The van der Waals surface area contributed by atoms with E-state index in [4.69, 9.17) is 4.74 Å². The number of nitrogens with one attached hydrogen (secondary N) is 1. The smallest absolute Gasteiger partial charge is 0.119 e. The van der Waals surface area contributed by atoms with E-state index in [2.05, 4.69) is 24.4 Å². The molecule has 3 heteroatoms. The van der Waals surface area contributed by atoms with Gasteiger partial charge in [0.25, 0.3) is 0 Å². The Morgan fingerprint density at radius 1 is 1.32 bits per heavy atom. The lowest BCUT2D eigenvalue weighted by Crippen LogP contribution is -2.51. The molecule has 1 aromatic carbocycles. The summed E-state index contributed by atoms with van der Waals surface area (Å²) in [5, 5.41) is 13.0. The molecule has 0 amide bonds. The molecule has 0 heterocycles. The maximum atomic E-state index is 9.51. The molecule has 1 atom stereocenters. The molecule has 0 aliphatic heterocycles. The van der Waals surface area contributed by atoms with Crippen molar-refractivity contribution in [3.05, 3.63) is 29.8 Å². The zero-order chi connectivity index (χ0) is 13.7. The highest BCUT2D eigenvalue weighted by Gasteiger charge is 2.32. The molecule has 1 aliphatic rings. The molecule has 0 spiro atoms. The van der Waals surface area contributed by atoms with Gasteiger partial charge < -0.3 is 15.2 Å². The maximum absolute atomic E-state index is 9.51. The van der Waals surface area contributed by atoms with E-state index in [-0.39, 0.29) is 12.1 Å². The first-order valence-electron chi connectivity index (χ1n) is 7.25. The quantitative estimate of drug-likeness (QED) is 0.757. The average Bonchev–Trinajstić information content (AvgIpc) is 3.22. The van der Waals surface area contributed by atoms with E-state index in [1.807, 2.05) is 19.1 Å². The summed E-state index contributed by atoms with van der Waals surface area (Å²) in [7, 11) is 0. The van der Waals surface area contributed by atoms with Crippen LogP contribution in [0.3, 0.4) is 0 Å². The number of hydrogen-bond acceptors (Lipinski definition) is 3. The van der Waals surface area contributed by atoms with Gasteiger partial charge in [-0.1, -0.05) is 25.5 Å². The minimum absolute atomic E-state index is 0.0947. The van der Waals surface area contributed by atoms with Gasteiger partial charge in [0, 0.05) is 6.04 Å². The van der Waals surface area contributed by atoms with Crippen LogP contribution in [0.2, 0.25) is 0 Å². The Morgan fingerprint density at radius 2 is 2.00 bits per heavy atom. The number of ether oxygens (including phenoxy) is 1. The minimum atomic E-state index is -0.344. The van der Waals surface area contributed by atoms with Gasteiger partial charge in [0.1, 0.15) is 12.4 Å². The van der Waals surface area contributed by atoms with E-state index in [0.717, 1.165) is 18.6 Å². The van der Waals surface area contributed by atoms with Crippen molar-refractivity contribution in [1.82, 2.24) is 5.32 Å². The molecule has 106 valence electrons. The molecule has 0 saturated heterocycles. The second kappa shape index (κ2) is 6.40. The van der Waals surface area contributed by atoms with Crippen molar-refractivity contribution in [2.45, 2.75) is 51.1 Å².